The second kappa shape index (κ2) is 8.29. The molecule has 0 aliphatic heterocycles. The number of aryl methyl sites for hydroxylation is 1. The van der Waals surface area contributed by atoms with Gasteiger partial charge in [-0.3, -0.25) is 9.59 Å². The van der Waals surface area contributed by atoms with Crippen LogP contribution in [0.15, 0.2) is 18.2 Å². The Bertz CT molecular complexity index is 499. The van der Waals surface area contributed by atoms with Crippen molar-refractivity contribution in [1.82, 2.24) is 5.32 Å². The van der Waals surface area contributed by atoms with E-state index in [1.54, 1.807) is 0 Å². The van der Waals surface area contributed by atoms with Gasteiger partial charge in [0.05, 0.1) is 26.2 Å². The van der Waals surface area contributed by atoms with E-state index in [9.17, 15) is 9.59 Å². The van der Waals surface area contributed by atoms with Crippen LogP contribution in [-0.2, 0) is 14.3 Å². The Morgan fingerprint density at radius 1 is 1.29 bits per heavy atom. The SMILES string of the molecule is CCOc1ccc(C)cc1C(C)NC(=O)CCC(=O)OC. The van der Waals surface area contributed by atoms with Gasteiger partial charge in [-0.05, 0) is 26.8 Å². The minimum absolute atomic E-state index is 0.0845. The van der Waals surface area contributed by atoms with Crippen LogP contribution in [0.3, 0.4) is 0 Å². The highest BCUT2D eigenvalue weighted by Crippen LogP contribution is 2.26. The molecule has 0 aliphatic rings. The number of hydrogen-bond donors (Lipinski definition) is 1. The molecule has 116 valence electrons. The average Bonchev–Trinajstić information content (AvgIpc) is 2.46. The van der Waals surface area contributed by atoms with Gasteiger partial charge >= 0.3 is 5.97 Å². The zero-order chi connectivity index (χ0) is 15.8. The van der Waals surface area contributed by atoms with Gasteiger partial charge in [0.25, 0.3) is 0 Å². The Labute approximate surface area is 125 Å². The molecule has 5 heteroatoms. The van der Waals surface area contributed by atoms with Crippen LogP contribution in [-0.4, -0.2) is 25.6 Å². The number of esters is 1. The van der Waals surface area contributed by atoms with Crippen molar-refractivity contribution in [2.24, 2.45) is 0 Å². The molecule has 0 bridgehead atoms. The molecule has 0 saturated carbocycles. The van der Waals surface area contributed by atoms with Crippen LogP contribution in [0.5, 0.6) is 5.75 Å². The van der Waals surface area contributed by atoms with E-state index in [4.69, 9.17) is 4.74 Å². The first-order valence-corrected chi connectivity index (χ1v) is 7.07. The number of methoxy groups -OCH3 is 1. The molecule has 0 spiro atoms. The standard InChI is InChI=1S/C16H23NO4/c1-5-21-14-7-6-11(2)10-13(14)12(3)17-15(18)8-9-16(19)20-4/h6-7,10,12H,5,8-9H2,1-4H3,(H,17,18). The van der Waals surface area contributed by atoms with Gasteiger partial charge in [0, 0.05) is 12.0 Å². The largest absolute Gasteiger partial charge is 0.494 e. The monoisotopic (exact) mass is 293 g/mol. The van der Waals surface area contributed by atoms with Crippen LogP contribution in [0.2, 0.25) is 0 Å². The van der Waals surface area contributed by atoms with Crippen LogP contribution >= 0.6 is 0 Å². The van der Waals surface area contributed by atoms with Gasteiger partial charge < -0.3 is 14.8 Å². The van der Waals surface area contributed by atoms with Crippen molar-refractivity contribution in [2.45, 2.75) is 39.7 Å². The van der Waals surface area contributed by atoms with Crippen LogP contribution < -0.4 is 10.1 Å². The zero-order valence-corrected chi connectivity index (χ0v) is 13.1. The number of nitrogens with one attached hydrogen (secondary N) is 1. The lowest BCUT2D eigenvalue weighted by molar-refractivity contribution is -0.142. The molecule has 0 fully saturated rings. The Balaban J connectivity index is 2.70. The number of rotatable bonds is 7. The quantitative estimate of drug-likeness (QED) is 0.785. The first kappa shape index (κ1) is 17.0. The van der Waals surface area contributed by atoms with Crippen LogP contribution in [0, 0.1) is 6.92 Å². The van der Waals surface area contributed by atoms with E-state index in [0.29, 0.717) is 6.61 Å². The van der Waals surface area contributed by atoms with E-state index in [1.165, 1.54) is 7.11 Å². The first-order valence-electron chi connectivity index (χ1n) is 7.07. The number of benzene rings is 1. The number of hydrogen-bond acceptors (Lipinski definition) is 4. The maximum absolute atomic E-state index is 11.8. The van der Waals surface area contributed by atoms with Crippen molar-refractivity contribution in [1.29, 1.82) is 0 Å². The van der Waals surface area contributed by atoms with Crippen molar-refractivity contribution in [2.75, 3.05) is 13.7 Å². The number of carbonyl (C=O) groups excluding carboxylic acids is 2. The highest BCUT2D eigenvalue weighted by Gasteiger charge is 2.15. The molecule has 1 N–H and O–H groups in total. The molecule has 0 aliphatic carbocycles. The third-order valence-corrected chi connectivity index (χ3v) is 3.09. The van der Waals surface area contributed by atoms with Gasteiger partial charge in [0.2, 0.25) is 5.91 Å². The first-order chi connectivity index (χ1) is 9.97. The smallest absolute Gasteiger partial charge is 0.306 e. The fourth-order valence-electron chi connectivity index (χ4n) is 2.00. The third kappa shape index (κ3) is 5.45. The molecule has 1 aromatic carbocycles. The molecular weight excluding hydrogens is 270 g/mol. The predicted molar refractivity (Wildman–Crippen MR) is 80.2 cm³/mol. The van der Waals surface area contributed by atoms with Gasteiger partial charge in [-0.2, -0.15) is 0 Å². The fourth-order valence-corrected chi connectivity index (χ4v) is 2.00. The van der Waals surface area contributed by atoms with Gasteiger partial charge in [0.1, 0.15) is 5.75 Å². The summed E-state index contributed by atoms with van der Waals surface area (Å²) in [5, 5.41) is 2.87. The van der Waals surface area contributed by atoms with Crippen molar-refractivity contribution in [3.05, 3.63) is 29.3 Å². The number of ether oxygens (including phenoxy) is 2. The van der Waals surface area contributed by atoms with E-state index < -0.39 is 0 Å². The maximum Gasteiger partial charge on any atom is 0.306 e. The molecule has 0 heterocycles. The van der Waals surface area contributed by atoms with Crippen molar-refractivity contribution < 1.29 is 19.1 Å². The predicted octanol–water partition coefficient (Wildman–Crippen LogP) is 2.52. The molecule has 0 radical (unpaired) electrons. The minimum atomic E-state index is -0.386. The zero-order valence-electron chi connectivity index (χ0n) is 13.1. The summed E-state index contributed by atoms with van der Waals surface area (Å²) in [6.45, 7) is 6.38. The molecular formula is C16H23NO4. The Hall–Kier alpha value is -2.04. The summed E-state index contributed by atoms with van der Waals surface area (Å²) >= 11 is 0. The minimum Gasteiger partial charge on any atom is -0.494 e. The lowest BCUT2D eigenvalue weighted by Crippen LogP contribution is -2.27. The van der Waals surface area contributed by atoms with E-state index >= 15 is 0 Å². The summed E-state index contributed by atoms with van der Waals surface area (Å²) in [6.07, 6.45) is 0.202. The summed E-state index contributed by atoms with van der Waals surface area (Å²) < 4.78 is 10.1. The molecule has 5 nitrogen and oxygen atoms in total. The van der Waals surface area contributed by atoms with Gasteiger partial charge in [-0.15, -0.1) is 0 Å². The lowest BCUT2D eigenvalue weighted by atomic mass is 10.0. The van der Waals surface area contributed by atoms with Gasteiger partial charge in [-0.25, -0.2) is 0 Å². The molecule has 1 rings (SSSR count). The summed E-state index contributed by atoms with van der Waals surface area (Å²) in [5.41, 5.74) is 2.03. The third-order valence-electron chi connectivity index (χ3n) is 3.09. The molecule has 1 amide bonds. The molecule has 0 saturated heterocycles. The van der Waals surface area contributed by atoms with Gasteiger partial charge in [-0.1, -0.05) is 17.7 Å². The Morgan fingerprint density at radius 3 is 2.62 bits per heavy atom. The number of amides is 1. The summed E-state index contributed by atoms with van der Waals surface area (Å²) in [7, 11) is 1.31. The summed E-state index contributed by atoms with van der Waals surface area (Å²) in [4.78, 5) is 22.9. The molecule has 1 unspecified atom stereocenters. The maximum atomic E-state index is 11.8. The summed E-state index contributed by atoms with van der Waals surface area (Å²) in [5.74, 6) is 0.198. The van der Waals surface area contributed by atoms with Crippen molar-refractivity contribution >= 4 is 11.9 Å². The molecule has 1 atom stereocenters. The topological polar surface area (TPSA) is 64.6 Å². The highest BCUT2D eigenvalue weighted by molar-refractivity contribution is 5.81. The van der Waals surface area contributed by atoms with E-state index in [0.717, 1.165) is 16.9 Å². The highest BCUT2D eigenvalue weighted by atomic mass is 16.5. The van der Waals surface area contributed by atoms with E-state index in [2.05, 4.69) is 10.1 Å². The molecule has 21 heavy (non-hydrogen) atoms. The van der Waals surface area contributed by atoms with Crippen LogP contribution in [0.25, 0.3) is 0 Å². The molecule has 0 aromatic heterocycles. The normalized spacial score (nSPS) is 11.6. The Morgan fingerprint density at radius 2 is 2.00 bits per heavy atom. The second-order valence-electron chi connectivity index (χ2n) is 4.84. The van der Waals surface area contributed by atoms with E-state index in [-0.39, 0.29) is 30.8 Å². The van der Waals surface area contributed by atoms with E-state index in [1.807, 2.05) is 39.0 Å². The fraction of sp³-hybridized carbons (Fsp3) is 0.500. The van der Waals surface area contributed by atoms with Crippen LogP contribution in [0.4, 0.5) is 0 Å². The van der Waals surface area contributed by atoms with Crippen LogP contribution in [0.1, 0.15) is 43.9 Å². The number of carbonyl (C=O) groups is 2. The second-order valence-corrected chi connectivity index (χ2v) is 4.84. The lowest BCUT2D eigenvalue weighted by Gasteiger charge is -2.18. The summed E-state index contributed by atoms with van der Waals surface area (Å²) in [6, 6.07) is 5.69. The molecule has 1 aromatic rings. The van der Waals surface area contributed by atoms with Crippen molar-refractivity contribution in [3.8, 4) is 5.75 Å². The average molecular weight is 293 g/mol. The Kier molecular flexibility index (Phi) is 6.72. The van der Waals surface area contributed by atoms with Gasteiger partial charge in [0.15, 0.2) is 0 Å². The van der Waals surface area contributed by atoms with Crippen molar-refractivity contribution in [3.63, 3.8) is 0 Å².